The molecule has 0 atom stereocenters. The molecule has 1 aliphatic rings. The molecule has 0 aliphatic carbocycles. The van der Waals surface area contributed by atoms with Crippen molar-refractivity contribution in [1.29, 1.82) is 10.8 Å². The van der Waals surface area contributed by atoms with Crippen LogP contribution in [-0.4, -0.2) is 50.8 Å². The largest absolute Gasteiger partial charge is 0.378 e. The molecule has 162 valence electrons. The molecular weight excluding hydrogens is 422 g/mol. The summed E-state index contributed by atoms with van der Waals surface area (Å²) in [6.45, 7) is 3.19. The Morgan fingerprint density at radius 1 is 1.03 bits per heavy atom. The van der Waals surface area contributed by atoms with Crippen LogP contribution in [0.5, 0.6) is 0 Å². The van der Waals surface area contributed by atoms with E-state index >= 15 is 0 Å². The number of pyridine rings is 2. The van der Waals surface area contributed by atoms with Gasteiger partial charge in [0.15, 0.2) is 5.17 Å². The fraction of sp³-hybridized carbons (Fsp3) is 0.217. The predicted octanol–water partition coefficient (Wildman–Crippen LogP) is 3.33. The Morgan fingerprint density at radius 3 is 2.66 bits per heavy atom. The average molecular weight is 446 g/mol. The highest BCUT2D eigenvalue weighted by Crippen LogP contribution is 2.27. The van der Waals surface area contributed by atoms with Gasteiger partial charge >= 0.3 is 0 Å². The van der Waals surface area contributed by atoms with E-state index in [4.69, 9.17) is 15.6 Å². The van der Waals surface area contributed by atoms with Crippen molar-refractivity contribution in [3.63, 3.8) is 0 Å². The molecule has 1 saturated heterocycles. The lowest BCUT2D eigenvalue weighted by atomic mass is 10.2. The number of hydrogen-bond donors (Lipinski definition) is 2. The third kappa shape index (κ3) is 4.17. The first kappa shape index (κ1) is 20.5. The Kier molecular flexibility index (Phi) is 5.50. The van der Waals surface area contributed by atoms with Crippen LogP contribution < -0.4 is 10.4 Å². The highest BCUT2D eigenvalue weighted by Gasteiger charge is 2.13. The number of anilines is 1. The Balaban J connectivity index is 1.41. The van der Waals surface area contributed by atoms with Crippen molar-refractivity contribution in [2.24, 2.45) is 7.05 Å². The second-order valence-corrected chi connectivity index (χ2v) is 8.69. The van der Waals surface area contributed by atoms with Crippen molar-refractivity contribution >= 4 is 33.5 Å². The summed E-state index contributed by atoms with van der Waals surface area (Å²) in [4.78, 5) is 7.82. The second-order valence-electron chi connectivity index (χ2n) is 7.63. The van der Waals surface area contributed by atoms with Crippen LogP contribution in [0.2, 0.25) is 0 Å². The third-order valence-electron chi connectivity index (χ3n) is 5.43. The zero-order chi connectivity index (χ0) is 22.1. The minimum absolute atomic E-state index is 0.257. The van der Waals surface area contributed by atoms with Crippen molar-refractivity contribution < 1.29 is 4.74 Å². The first-order chi connectivity index (χ1) is 15.6. The molecule has 0 amide bonds. The Bertz CT molecular complexity index is 1350. The molecule has 0 unspecified atom stereocenters. The summed E-state index contributed by atoms with van der Waals surface area (Å²) >= 11 is 1.32. The van der Waals surface area contributed by atoms with E-state index in [1.165, 1.54) is 11.8 Å². The summed E-state index contributed by atoms with van der Waals surface area (Å²) in [6.07, 6.45) is 7.42. The van der Waals surface area contributed by atoms with Crippen molar-refractivity contribution in [2.75, 3.05) is 31.2 Å². The zero-order valence-electron chi connectivity index (χ0n) is 17.7. The number of nitrogens with one attached hydrogen (secondary N) is 2. The molecule has 0 bridgehead atoms. The molecule has 9 heteroatoms. The summed E-state index contributed by atoms with van der Waals surface area (Å²) < 4.78 is 8.77. The van der Waals surface area contributed by atoms with Gasteiger partial charge in [0.05, 0.1) is 36.8 Å². The minimum Gasteiger partial charge on any atom is -0.378 e. The third-order valence-corrected chi connectivity index (χ3v) is 6.31. The predicted molar refractivity (Wildman–Crippen MR) is 126 cm³/mol. The van der Waals surface area contributed by atoms with Crippen LogP contribution in [-0.2, 0) is 11.8 Å². The van der Waals surface area contributed by atoms with Gasteiger partial charge in [0, 0.05) is 53.9 Å². The maximum Gasteiger partial charge on any atom is 0.171 e. The molecule has 1 aliphatic heterocycles. The monoisotopic (exact) mass is 445 g/mol. The van der Waals surface area contributed by atoms with Crippen LogP contribution in [0.4, 0.5) is 5.69 Å². The molecule has 1 fully saturated rings. The van der Waals surface area contributed by atoms with Crippen LogP contribution in [0.3, 0.4) is 0 Å². The van der Waals surface area contributed by atoms with Gasteiger partial charge in [0.2, 0.25) is 0 Å². The Hall–Kier alpha value is -3.43. The van der Waals surface area contributed by atoms with Crippen LogP contribution in [0.1, 0.15) is 0 Å². The van der Waals surface area contributed by atoms with Crippen LogP contribution in [0.15, 0.2) is 66.1 Å². The number of aryl methyl sites for hydroxylation is 1. The van der Waals surface area contributed by atoms with Gasteiger partial charge < -0.3 is 9.64 Å². The molecule has 4 heterocycles. The number of rotatable bonds is 3. The average Bonchev–Trinajstić information content (AvgIpc) is 3.25. The molecule has 0 radical (unpaired) electrons. The number of aromatic nitrogens is 4. The van der Waals surface area contributed by atoms with Crippen molar-refractivity contribution in [1.82, 2.24) is 19.3 Å². The quantitative estimate of drug-likeness (QED) is 0.287. The van der Waals surface area contributed by atoms with Gasteiger partial charge in [-0.1, -0.05) is 11.8 Å². The van der Waals surface area contributed by atoms with Gasteiger partial charge in [0.1, 0.15) is 5.49 Å². The van der Waals surface area contributed by atoms with E-state index in [1.807, 2.05) is 43.8 Å². The van der Waals surface area contributed by atoms with Crippen LogP contribution in [0, 0.1) is 10.8 Å². The summed E-state index contributed by atoms with van der Waals surface area (Å²) in [5, 5.41) is 22.4. The number of ether oxygens (including phenoxy) is 1. The molecular formula is C23H23N7OS. The number of morpholine rings is 1. The molecule has 32 heavy (non-hydrogen) atoms. The zero-order valence-corrected chi connectivity index (χ0v) is 18.5. The van der Waals surface area contributed by atoms with E-state index in [0.29, 0.717) is 0 Å². The lowest BCUT2D eigenvalue weighted by Gasteiger charge is -2.28. The van der Waals surface area contributed by atoms with Gasteiger partial charge in [-0.25, -0.2) is 0 Å². The normalized spacial score (nSPS) is 14.1. The molecule has 0 saturated carbocycles. The molecule has 3 aromatic heterocycles. The molecule has 5 rings (SSSR count). The first-order valence-electron chi connectivity index (χ1n) is 10.3. The second kappa shape index (κ2) is 8.60. The fourth-order valence-corrected chi connectivity index (χ4v) is 4.52. The van der Waals surface area contributed by atoms with Gasteiger partial charge in [-0.2, -0.15) is 5.10 Å². The smallest absolute Gasteiger partial charge is 0.171 e. The van der Waals surface area contributed by atoms with Gasteiger partial charge in [0.25, 0.3) is 0 Å². The van der Waals surface area contributed by atoms with E-state index in [2.05, 4.69) is 27.1 Å². The number of thioether (sulfide) groups is 1. The maximum absolute atomic E-state index is 8.63. The molecule has 0 spiro atoms. The SMILES string of the molecule is Cn1cc(-c2ccc(=N)n(C(=N)Sc3ccc4ncc(N5CCOCC5)cc4c3)c2)cn1. The highest BCUT2D eigenvalue weighted by molar-refractivity contribution is 8.13. The fourth-order valence-electron chi connectivity index (χ4n) is 3.73. The van der Waals surface area contributed by atoms with E-state index in [0.717, 1.165) is 58.9 Å². The minimum atomic E-state index is 0.257. The summed E-state index contributed by atoms with van der Waals surface area (Å²) in [5.41, 5.74) is 4.13. The Morgan fingerprint density at radius 2 is 1.88 bits per heavy atom. The van der Waals surface area contributed by atoms with Gasteiger partial charge in [-0.05, 0) is 36.4 Å². The molecule has 2 N–H and O–H groups in total. The van der Waals surface area contributed by atoms with E-state index < -0.39 is 0 Å². The summed E-state index contributed by atoms with van der Waals surface area (Å²) in [6, 6.07) is 11.7. The van der Waals surface area contributed by atoms with Crippen molar-refractivity contribution in [2.45, 2.75) is 4.90 Å². The molecule has 8 nitrogen and oxygen atoms in total. The maximum atomic E-state index is 8.63. The molecule has 4 aromatic rings. The highest BCUT2D eigenvalue weighted by atomic mass is 32.2. The van der Waals surface area contributed by atoms with Crippen molar-refractivity contribution in [3.8, 4) is 11.1 Å². The van der Waals surface area contributed by atoms with E-state index in [1.54, 1.807) is 21.5 Å². The molecule has 1 aromatic carbocycles. The lowest BCUT2D eigenvalue weighted by Crippen LogP contribution is -2.36. The number of fused-ring (bicyclic) bond motifs is 1. The van der Waals surface area contributed by atoms with Crippen molar-refractivity contribution in [3.05, 3.63) is 66.7 Å². The summed E-state index contributed by atoms with van der Waals surface area (Å²) in [7, 11) is 1.87. The standard InChI is InChI=1S/C23H23N7OS/c1-28-14-18(12-27-28)16-2-5-22(24)30(15-16)23(25)32-20-3-4-21-17(11-20)10-19(13-26-21)29-6-8-31-9-7-29/h2-5,10-15,24-25H,6-9H2,1H3. The van der Waals surface area contributed by atoms with E-state index in [-0.39, 0.29) is 10.7 Å². The van der Waals surface area contributed by atoms with Gasteiger partial charge in [-0.3, -0.25) is 25.1 Å². The number of hydrogen-bond acceptors (Lipinski definition) is 7. The van der Waals surface area contributed by atoms with Crippen LogP contribution >= 0.6 is 11.8 Å². The topological polar surface area (TPSA) is 95.8 Å². The Labute approximate surface area is 189 Å². The van der Waals surface area contributed by atoms with E-state index in [9.17, 15) is 0 Å². The number of nitrogens with zero attached hydrogens (tertiary/aromatic N) is 5. The van der Waals surface area contributed by atoms with Gasteiger partial charge in [-0.15, -0.1) is 0 Å². The number of benzene rings is 1. The first-order valence-corrected chi connectivity index (χ1v) is 11.1. The van der Waals surface area contributed by atoms with Crippen LogP contribution in [0.25, 0.3) is 22.0 Å². The summed E-state index contributed by atoms with van der Waals surface area (Å²) in [5.74, 6) is 0. The lowest BCUT2D eigenvalue weighted by molar-refractivity contribution is 0.122.